The maximum absolute atomic E-state index is 5.93. The molecule has 3 heteroatoms. The van der Waals surface area contributed by atoms with Gasteiger partial charge in [0.25, 0.3) is 0 Å². The van der Waals surface area contributed by atoms with E-state index in [2.05, 4.69) is 10.3 Å². The Bertz CT molecular complexity index is 360. The summed E-state index contributed by atoms with van der Waals surface area (Å²) in [5.74, 6) is 1.22. The van der Waals surface area contributed by atoms with Crippen molar-refractivity contribution in [1.29, 1.82) is 0 Å². The van der Waals surface area contributed by atoms with E-state index < -0.39 is 0 Å². The smallest absolute Gasteiger partial charge is 0.247 e. The zero-order chi connectivity index (χ0) is 10.5. The lowest BCUT2D eigenvalue weighted by Crippen LogP contribution is -2.74. The molecular formula is C12H16ClN2+. The molecular weight excluding hydrogens is 208 g/mol. The van der Waals surface area contributed by atoms with Crippen LogP contribution in [0.3, 0.4) is 0 Å². The molecule has 0 bridgehead atoms. The van der Waals surface area contributed by atoms with Crippen molar-refractivity contribution in [2.75, 3.05) is 11.9 Å². The van der Waals surface area contributed by atoms with Crippen molar-refractivity contribution in [2.24, 2.45) is 0 Å². The molecule has 0 atom stereocenters. The van der Waals surface area contributed by atoms with E-state index in [9.17, 15) is 0 Å². The first-order valence-corrected chi connectivity index (χ1v) is 5.85. The van der Waals surface area contributed by atoms with Gasteiger partial charge in [-0.1, -0.05) is 17.7 Å². The fourth-order valence-electron chi connectivity index (χ4n) is 1.78. The minimum absolute atomic E-state index is 0.772. The van der Waals surface area contributed by atoms with E-state index in [4.69, 9.17) is 11.6 Å². The van der Waals surface area contributed by atoms with E-state index >= 15 is 0 Å². The minimum Gasteiger partial charge on any atom is -0.278 e. The second-order valence-electron chi connectivity index (χ2n) is 3.85. The van der Waals surface area contributed by atoms with E-state index in [0.717, 1.165) is 23.7 Å². The van der Waals surface area contributed by atoms with Crippen LogP contribution in [0.2, 0.25) is 5.02 Å². The van der Waals surface area contributed by atoms with Crippen LogP contribution in [0.15, 0.2) is 24.3 Å². The second-order valence-corrected chi connectivity index (χ2v) is 4.29. The highest BCUT2D eigenvalue weighted by Crippen LogP contribution is 2.15. The van der Waals surface area contributed by atoms with Crippen LogP contribution in [0, 0.1) is 0 Å². The van der Waals surface area contributed by atoms with Gasteiger partial charge in [0.2, 0.25) is 5.84 Å². The molecule has 0 aliphatic carbocycles. The highest BCUT2D eigenvalue weighted by Gasteiger charge is 2.10. The topological polar surface area (TPSA) is 26.0 Å². The number of hydrogen-bond acceptors (Lipinski definition) is 1. The zero-order valence-electron chi connectivity index (χ0n) is 8.72. The average Bonchev–Trinajstić information content (AvgIpc) is 2.46. The van der Waals surface area contributed by atoms with E-state index in [0.29, 0.717) is 0 Å². The van der Waals surface area contributed by atoms with Crippen molar-refractivity contribution >= 4 is 23.1 Å². The Morgan fingerprint density at radius 2 is 2.13 bits per heavy atom. The third-order valence-corrected chi connectivity index (χ3v) is 2.80. The van der Waals surface area contributed by atoms with E-state index in [1.165, 1.54) is 25.1 Å². The first-order valence-electron chi connectivity index (χ1n) is 5.47. The van der Waals surface area contributed by atoms with Crippen molar-refractivity contribution in [3.63, 3.8) is 0 Å². The number of benzene rings is 1. The molecule has 1 aromatic carbocycles. The number of anilines is 1. The summed E-state index contributed by atoms with van der Waals surface area (Å²) in [5, 5.41) is 4.16. The Balaban J connectivity index is 2.04. The largest absolute Gasteiger partial charge is 0.278 e. The molecule has 0 radical (unpaired) electrons. The summed E-state index contributed by atoms with van der Waals surface area (Å²) in [5.41, 5.74) is 1.06. The Hall–Kier alpha value is -1.02. The molecule has 0 aromatic heterocycles. The molecule has 80 valence electrons. The quantitative estimate of drug-likeness (QED) is 0.746. The van der Waals surface area contributed by atoms with E-state index in [1.807, 2.05) is 24.3 Å². The van der Waals surface area contributed by atoms with Crippen molar-refractivity contribution in [3.05, 3.63) is 29.3 Å². The van der Waals surface area contributed by atoms with Gasteiger partial charge in [0.15, 0.2) is 0 Å². The maximum Gasteiger partial charge on any atom is 0.247 e. The molecule has 0 amide bonds. The molecule has 0 unspecified atom stereocenters. The molecule has 15 heavy (non-hydrogen) atoms. The number of nitrogens with one attached hydrogen (secondary N) is 2. The highest BCUT2D eigenvalue weighted by molar-refractivity contribution is 6.30. The Morgan fingerprint density at radius 1 is 1.20 bits per heavy atom. The number of amidine groups is 1. The minimum atomic E-state index is 0.772. The molecule has 2 rings (SSSR count). The summed E-state index contributed by atoms with van der Waals surface area (Å²) >= 11 is 5.93. The summed E-state index contributed by atoms with van der Waals surface area (Å²) < 4.78 is 0. The first kappa shape index (κ1) is 10.5. The van der Waals surface area contributed by atoms with Crippen molar-refractivity contribution in [2.45, 2.75) is 25.7 Å². The van der Waals surface area contributed by atoms with Gasteiger partial charge < -0.3 is 0 Å². The lowest BCUT2D eigenvalue weighted by atomic mass is 10.2. The van der Waals surface area contributed by atoms with Gasteiger partial charge in [-0.05, 0) is 31.4 Å². The third-order valence-electron chi connectivity index (χ3n) is 2.56. The van der Waals surface area contributed by atoms with Crippen LogP contribution in [0.25, 0.3) is 0 Å². The molecule has 1 aliphatic heterocycles. The SMILES string of the molecule is Clc1cccc(NC2=[NH+]CCCCC2)c1. The van der Waals surface area contributed by atoms with Gasteiger partial charge in [0.05, 0.1) is 6.54 Å². The van der Waals surface area contributed by atoms with Gasteiger partial charge in [-0.2, -0.15) is 0 Å². The summed E-state index contributed by atoms with van der Waals surface area (Å²) in [6, 6.07) is 7.83. The van der Waals surface area contributed by atoms with Crippen LogP contribution < -0.4 is 10.3 Å². The summed E-state index contributed by atoms with van der Waals surface area (Å²) in [4.78, 5) is 3.41. The number of halogens is 1. The molecule has 1 heterocycles. The predicted molar refractivity (Wildman–Crippen MR) is 64.4 cm³/mol. The van der Waals surface area contributed by atoms with Crippen LogP contribution in [-0.2, 0) is 0 Å². The summed E-state index contributed by atoms with van der Waals surface area (Å²) in [6.45, 7) is 1.07. The Morgan fingerprint density at radius 3 is 3.00 bits per heavy atom. The third kappa shape index (κ3) is 3.24. The van der Waals surface area contributed by atoms with E-state index in [1.54, 1.807) is 0 Å². The summed E-state index contributed by atoms with van der Waals surface area (Å²) in [6.07, 6.45) is 4.94. The fourth-order valence-corrected chi connectivity index (χ4v) is 1.97. The van der Waals surface area contributed by atoms with Crippen LogP contribution in [0.4, 0.5) is 5.69 Å². The van der Waals surface area contributed by atoms with Gasteiger partial charge >= 0.3 is 0 Å². The van der Waals surface area contributed by atoms with Gasteiger partial charge in [0.1, 0.15) is 5.69 Å². The van der Waals surface area contributed by atoms with Gasteiger partial charge in [-0.15, -0.1) is 0 Å². The van der Waals surface area contributed by atoms with Gasteiger partial charge in [0, 0.05) is 17.5 Å². The van der Waals surface area contributed by atoms with Gasteiger partial charge in [-0.25, -0.2) is 5.32 Å². The molecule has 1 aromatic rings. The molecule has 2 nitrogen and oxygen atoms in total. The second kappa shape index (κ2) is 5.17. The standard InChI is InChI=1S/C12H15ClN2/c13-10-5-4-6-11(9-10)15-12-7-2-1-3-8-14-12/h4-6,9H,1-3,7-8H2,(H,14,15)/p+1. The molecule has 0 saturated heterocycles. The average molecular weight is 224 g/mol. The monoisotopic (exact) mass is 223 g/mol. The maximum atomic E-state index is 5.93. The van der Waals surface area contributed by atoms with Crippen LogP contribution in [0.1, 0.15) is 25.7 Å². The molecule has 2 N–H and O–H groups in total. The van der Waals surface area contributed by atoms with Gasteiger partial charge in [-0.3, -0.25) is 4.99 Å². The lowest BCUT2D eigenvalue weighted by molar-refractivity contribution is -0.457. The van der Waals surface area contributed by atoms with Crippen LogP contribution in [-0.4, -0.2) is 12.4 Å². The molecule has 0 spiro atoms. The normalized spacial score (nSPS) is 16.7. The first-order chi connectivity index (χ1) is 7.34. The van der Waals surface area contributed by atoms with Crippen LogP contribution >= 0.6 is 11.6 Å². The predicted octanol–water partition coefficient (Wildman–Crippen LogP) is 1.80. The van der Waals surface area contributed by atoms with Crippen molar-refractivity contribution in [3.8, 4) is 0 Å². The number of rotatable bonds is 1. The van der Waals surface area contributed by atoms with Crippen LogP contribution in [0.5, 0.6) is 0 Å². The van der Waals surface area contributed by atoms with Crippen molar-refractivity contribution < 1.29 is 4.99 Å². The molecule has 0 fully saturated rings. The molecule has 1 aliphatic rings. The Labute approximate surface area is 95.4 Å². The zero-order valence-corrected chi connectivity index (χ0v) is 9.48. The lowest BCUT2D eigenvalue weighted by Gasteiger charge is -2.01. The Kier molecular flexibility index (Phi) is 3.62. The van der Waals surface area contributed by atoms with E-state index in [-0.39, 0.29) is 0 Å². The summed E-state index contributed by atoms with van der Waals surface area (Å²) in [7, 11) is 0. The number of hydrogen-bond donors (Lipinski definition) is 2. The highest BCUT2D eigenvalue weighted by atomic mass is 35.5. The fraction of sp³-hybridized carbons (Fsp3) is 0.417. The molecule has 0 saturated carbocycles. The van der Waals surface area contributed by atoms with Crippen molar-refractivity contribution in [1.82, 2.24) is 0 Å².